The summed E-state index contributed by atoms with van der Waals surface area (Å²) in [6, 6.07) is 2.14. The van der Waals surface area contributed by atoms with Gasteiger partial charge in [-0.15, -0.1) is 0 Å². The van der Waals surface area contributed by atoms with E-state index < -0.39 is 5.97 Å². The highest BCUT2D eigenvalue weighted by atomic mass is 16.4. The highest BCUT2D eigenvalue weighted by Gasteiger charge is 2.26. The molecule has 0 fully saturated rings. The second-order valence-corrected chi connectivity index (χ2v) is 4.85. The van der Waals surface area contributed by atoms with Crippen molar-refractivity contribution in [1.82, 2.24) is 4.98 Å². The van der Waals surface area contributed by atoms with Gasteiger partial charge in [0.25, 0.3) is 0 Å². The van der Waals surface area contributed by atoms with E-state index in [2.05, 4.69) is 18.2 Å². The van der Waals surface area contributed by atoms with Crippen LogP contribution in [0.25, 0.3) is 6.08 Å². The van der Waals surface area contributed by atoms with Crippen LogP contribution in [-0.2, 0) is 24.1 Å². The number of carboxylic acids is 1. The van der Waals surface area contributed by atoms with Crippen LogP contribution < -0.4 is 0 Å². The Hall–Kier alpha value is -1.64. The number of carboxylic acid groups (broad SMARTS) is 1. The van der Waals surface area contributed by atoms with Gasteiger partial charge >= 0.3 is 5.97 Å². The summed E-state index contributed by atoms with van der Waals surface area (Å²) in [7, 11) is 0. The van der Waals surface area contributed by atoms with Crippen LogP contribution in [0.1, 0.15) is 35.4 Å². The summed E-state index contributed by atoms with van der Waals surface area (Å²) >= 11 is 0. The molecule has 3 nitrogen and oxygen atoms in total. The number of fused-ring (bicyclic) bond motifs is 2. The molecule has 3 rings (SSSR count). The first-order chi connectivity index (χ1) is 8.24. The van der Waals surface area contributed by atoms with Crippen LogP contribution in [0, 0.1) is 5.92 Å². The molecule has 1 aromatic heterocycles. The molecular weight excluding hydrogens is 214 g/mol. The van der Waals surface area contributed by atoms with E-state index in [-0.39, 0.29) is 5.92 Å². The number of allylic oxidation sites excluding steroid dienone is 1. The summed E-state index contributed by atoms with van der Waals surface area (Å²) in [6.45, 7) is 0. The highest BCUT2D eigenvalue weighted by Crippen LogP contribution is 2.28. The number of hydrogen-bond acceptors (Lipinski definition) is 2. The Kier molecular flexibility index (Phi) is 2.46. The predicted octanol–water partition coefficient (Wildman–Crippen LogP) is 2.23. The molecule has 0 spiro atoms. The molecule has 1 unspecified atom stereocenters. The number of aromatic nitrogens is 1. The van der Waals surface area contributed by atoms with E-state index in [1.165, 1.54) is 11.3 Å². The minimum atomic E-state index is -0.677. The molecule has 1 N–H and O–H groups in total. The topological polar surface area (TPSA) is 50.2 Å². The van der Waals surface area contributed by atoms with Crippen LogP contribution in [0.15, 0.2) is 12.1 Å². The van der Waals surface area contributed by atoms with Crippen molar-refractivity contribution in [3.05, 3.63) is 34.7 Å². The van der Waals surface area contributed by atoms with Crippen LogP contribution in [0.3, 0.4) is 0 Å². The molecule has 0 aromatic carbocycles. The molecule has 0 amide bonds. The van der Waals surface area contributed by atoms with Crippen LogP contribution in [0.4, 0.5) is 0 Å². The number of pyridine rings is 1. The van der Waals surface area contributed by atoms with E-state index in [4.69, 9.17) is 10.1 Å². The first kappa shape index (κ1) is 10.5. The Morgan fingerprint density at radius 3 is 3.06 bits per heavy atom. The Bertz CT molecular complexity index is 505. The molecule has 0 saturated heterocycles. The van der Waals surface area contributed by atoms with Gasteiger partial charge in [0.05, 0.1) is 5.92 Å². The molecule has 88 valence electrons. The van der Waals surface area contributed by atoms with Gasteiger partial charge in [-0.05, 0) is 49.3 Å². The third kappa shape index (κ3) is 1.86. The molecule has 17 heavy (non-hydrogen) atoms. The SMILES string of the molecule is O=C(O)C1CCc2nc3c(cc2C1)C=CCC3. The average Bonchev–Trinajstić information content (AvgIpc) is 2.35. The fourth-order valence-electron chi connectivity index (χ4n) is 2.71. The zero-order valence-electron chi connectivity index (χ0n) is 9.65. The molecule has 0 bridgehead atoms. The maximum atomic E-state index is 11.0. The Labute approximate surface area is 100 Å². The quantitative estimate of drug-likeness (QED) is 0.803. The standard InChI is InChI=1S/C14H15NO2/c16-14(17)10-5-6-13-11(8-10)7-9-3-1-2-4-12(9)15-13/h1,3,7,10H,2,4-6,8H2,(H,16,17). The third-order valence-electron chi connectivity index (χ3n) is 3.69. The minimum Gasteiger partial charge on any atom is -0.481 e. The Balaban J connectivity index is 1.98. The van der Waals surface area contributed by atoms with Gasteiger partial charge in [-0.25, -0.2) is 0 Å². The maximum Gasteiger partial charge on any atom is 0.306 e. The Morgan fingerprint density at radius 2 is 2.24 bits per heavy atom. The van der Waals surface area contributed by atoms with Gasteiger partial charge in [0, 0.05) is 11.4 Å². The molecule has 1 aromatic rings. The summed E-state index contributed by atoms with van der Waals surface area (Å²) in [5, 5.41) is 9.07. The van der Waals surface area contributed by atoms with E-state index in [1.54, 1.807) is 0 Å². The fourth-order valence-corrected chi connectivity index (χ4v) is 2.71. The monoisotopic (exact) mass is 229 g/mol. The number of nitrogens with zero attached hydrogens (tertiary/aromatic N) is 1. The lowest BCUT2D eigenvalue weighted by molar-refractivity contribution is -0.142. The van der Waals surface area contributed by atoms with Gasteiger partial charge in [0.1, 0.15) is 0 Å². The molecular formula is C14H15NO2. The van der Waals surface area contributed by atoms with E-state index >= 15 is 0 Å². The van der Waals surface area contributed by atoms with Crippen molar-refractivity contribution in [2.24, 2.45) is 5.92 Å². The number of aryl methyl sites for hydroxylation is 2. The van der Waals surface area contributed by atoms with Crippen LogP contribution in [0.5, 0.6) is 0 Å². The molecule has 0 saturated carbocycles. The number of carbonyl (C=O) groups is 1. The van der Waals surface area contributed by atoms with Crippen molar-refractivity contribution in [3.63, 3.8) is 0 Å². The summed E-state index contributed by atoms with van der Waals surface area (Å²) in [5.41, 5.74) is 4.62. The highest BCUT2D eigenvalue weighted by molar-refractivity contribution is 5.71. The van der Waals surface area contributed by atoms with Gasteiger partial charge in [-0.2, -0.15) is 0 Å². The molecule has 1 heterocycles. The zero-order chi connectivity index (χ0) is 11.8. The lowest BCUT2D eigenvalue weighted by atomic mass is 9.85. The maximum absolute atomic E-state index is 11.0. The summed E-state index contributed by atoms with van der Waals surface area (Å²) in [4.78, 5) is 15.7. The number of rotatable bonds is 1. The van der Waals surface area contributed by atoms with E-state index in [0.717, 1.165) is 36.9 Å². The summed E-state index contributed by atoms with van der Waals surface area (Å²) < 4.78 is 0. The predicted molar refractivity (Wildman–Crippen MR) is 64.7 cm³/mol. The van der Waals surface area contributed by atoms with Crippen LogP contribution in [0.2, 0.25) is 0 Å². The van der Waals surface area contributed by atoms with Gasteiger partial charge in [-0.3, -0.25) is 9.78 Å². The van der Waals surface area contributed by atoms with Gasteiger partial charge < -0.3 is 5.11 Å². The van der Waals surface area contributed by atoms with Gasteiger partial charge in [0.15, 0.2) is 0 Å². The van der Waals surface area contributed by atoms with Gasteiger partial charge in [0.2, 0.25) is 0 Å². The molecule has 0 radical (unpaired) electrons. The summed E-state index contributed by atoms with van der Waals surface area (Å²) in [5.74, 6) is -0.904. The van der Waals surface area contributed by atoms with Crippen molar-refractivity contribution in [3.8, 4) is 0 Å². The average molecular weight is 229 g/mol. The summed E-state index contributed by atoms with van der Waals surface area (Å²) in [6.07, 6.45) is 8.52. The van der Waals surface area contributed by atoms with Crippen molar-refractivity contribution in [1.29, 1.82) is 0 Å². The lowest BCUT2D eigenvalue weighted by Gasteiger charge is -2.23. The van der Waals surface area contributed by atoms with Crippen molar-refractivity contribution >= 4 is 12.0 Å². The van der Waals surface area contributed by atoms with Crippen LogP contribution in [-0.4, -0.2) is 16.1 Å². The molecule has 0 aliphatic heterocycles. The second kappa shape index (κ2) is 3.99. The van der Waals surface area contributed by atoms with Crippen molar-refractivity contribution < 1.29 is 9.90 Å². The van der Waals surface area contributed by atoms with E-state index in [0.29, 0.717) is 6.42 Å². The Morgan fingerprint density at radius 1 is 1.35 bits per heavy atom. The molecule has 2 aliphatic carbocycles. The largest absolute Gasteiger partial charge is 0.481 e. The lowest BCUT2D eigenvalue weighted by Crippen LogP contribution is -2.23. The van der Waals surface area contributed by atoms with E-state index in [1.807, 2.05) is 0 Å². The van der Waals surface area contributed by atoms with Crippen molar-refractivity contribution in [2.45, 2.75) is 32.1 Å². The van der Waals surface area contributed by atoms with E-state index in [9.17, 15) is 4.79 Å². The fraction of sp³-hybridized carbons (Fsp3) is 0.429. The molecule has 3 heteroatoms. The minimum absolute atomic E-state index is 0.227. The van der Waals surface area contributed by atoms with Crippen LogP contribution >= 0.6 is 0 Å². The van der Waals surface area contributed by atoms with Gasteiger partial charge in [-0.1, -0.05) is 12.2 Å². The first-order valence-corrected chi connectivity index (χ1v) is 6.15. The second-order valence-electron chi connectivity index (χ2n) is 4.85. The molecule has 1 atom stereocenters. The third-order valence-corrected chi connectivity index (χ3v) is 3.69. The smallest absolute Gasteiger partial charge is 0.306 e. The zero-order valence-corrected chi connectivity index (χ0v) is 9.65. The molecule has 2 aliphatic rings. The van der Waals surface area contributed by atoms with Crippen molar-refractivity contribution in [2.75, 3.05) is 0 Å². The first-order valence-electron chi connectivity index (χ1n) is 6.15. The normalized spacial score (nSPS) is 21.8. The number of aliphatic carboxylic acids is 1. The number of hydrogen-bond donors (Lipinski definition) is 1.